The highest BCUT2D eigenvalue weighted by Crippen LogP contribution is 2.28. The molecule has 0 aromatic carbocycles. The molecule has 2 aromatic rings. The van der Waals surface area contributed by atoms with Crippen LogP contribution < -0.4 is 5.32 Å². The number of aryl methyl sites for hydroxylation is 3. The molecule has 0 saturated heterocycles. The van der Waals surface area contributed by atoms with Crippen molar-refractivity contribution in [3.63, 3.8) is 0 Å². The summed E-state index contributed by atoms with van der Waals surface area (Å²) in [6.07, 6.45) is -4.22. The molecule has 0 bridgehead atoms. The van der Waals surface area contributed by atoms with Gasteiger partial charge >= 0.3 is 11.9 Å². The van der Waals surface area contributed by atoms with Gasteiger partial charge in [0.2, 0.25) is 5.69 Å². The van der Waals surface area contributed by atoms with Gasteiger partial charge in [-0.15, -0.1) is 0 Å². The number of aromatic nitrogens is 4. The van der Waals surface area contributed by atoms with Crippen molar-refractivity contribution >= 4 is 11.6 Å². The lowest BCUT2D eigenvalue weighted by atomic mass is 10.3. The molecule has 12 heteroatoms. The number of rotatable bonds is 6. The van der Waals surface area contributed by atoms with Crippen molar-refractivity contribution in [2.24, 2.45) is 7.05 Å². The zero-order valence-electron chi connectivity index (χ0n) is 14.3. The molecule has 0 atom stereocenters. The van der Waals surface area contributed by atoms with E-state index in [0.29, 0.717) is 12.1 Å². The molecule has 2 heterocycles. The van der Waals surface area contributed by atoms with Crippen LogP contribution in [0.25, 0.3) is 0 Å². The van der Waals surface area contributed by atoms with Gasteiger partial charge in [0.25, 0.3) is 5.91 Å². The molecule has 0 aliphatic carbocycles. The van der Waals surface area contributed by atoms with Crippen LogP contribution in [0.15, 0.2) is 6.07 Å². The first kappa shape index (κ1) is 19.4. The van der Waals surface area contributed by atoms with E-state index in [-0.39, 0.29) is 30.2 Å². The third-order valence-electron chi connectivity index (χ3n) is 3.80. The summed E-state index contributed by atoms with van der Waals surface area (Å²) in [6, 6.07) is 0.943. The average molecular weight is 374 g/mol. The van der Waals surface area contributed by atoms with E-state index in [0.717, 1.165) is 6.07 Å². The average Bonchev–Trinajstić information content (AvgIpc) is 3.04. The number of carbonyl (C=O) groups is 1. The molecule has 9 nitrogen and oxygen atoms in total. The van der Waals surface area contributed by atoms with Crippen molar-refractivity contribution in [3.05, 3.63) is 39.0 Å². The second-order valence-electron chi connectivity index (χ2n) is 5.66. The molecule has 1 N–H and O–H groups in total. The Morgan fingerprint density at radius 3 is 2.54 bits per heavy atom. The van der Waals surface area contributed by atoms with Crippen molar-refractivity contribution < 1.29 is 22.9 Å². The molecule has 0 radical (unpaired) electrons. The van der Waals surface area contributed by atoms with Crippen LogP contribution in [-0.2, 0) is 19.8 Å². The number of nitrogens with zero attached hydrogens (tertiary/aromatic N) is 5. The van der Waals surface area contributed by atoms with Gasteiger partial charge in [-0.05, 0) is 26.3 Å². The molecule has 142 valence electrons. The predicted molar refractivity (Wildman–Crippen MR) is 83.5 cm³/mol. The lowest BCUT2D eigenvalue weighted by molar-refractivity contribution is -0.385. The first-order valence-electron chi connectivity index (χ1n) is 7.60. The highest BCUT2D eigenvalue weighted by Gasteiger charge is 2.34. The molecule has 0 unspecified atom stereocenters. The number of hydrogen-bond donors (Lipinski definition) is 1. The molecule has 1 amide bonds. The van der Waals surface area contributed by atoms with Crippen molar-refractivity contribution in [3.8, 4) is 0 Å². The van der Waals surface area contributed by atoms with Crippen LogP contribution in [0.2, 0.25) is 0 Å². The van der Waals surface area contributed by atoms with Crippen LogP contribution in [-0.4, -0.2) is 36.9 Å². The van der Waals surface area contributed by atoms with Gasteiger partial charge in [0, 0.05) is 25.8 Å². The smallest absolute Gasteiger partial charge is 0.350 e. The third-order valence-corrected chi connectivity index (χ3v) is 3.80. The zero-order valence-corrected chi connectivity index (χ0v) is 14.3. The summed E-state index contributed by atoms with van der Waals surface area (Å²) in [7, 11) is 1.48. The monoisotopic (exact) mass is 374 g/mol. The number of amides is 1. The Morgan fingerprint density at radius 2 is 2.00 bits per heavy atom. The summed E-state index contributed by atoms with van der Waals surface area (Å²) in [5.74, 6) is -0.714. The Kier molecular flexibility index (Phi) is 5.33. The molecule has 2 aromatic heterocycles. The maximum Gasteiger partial charge on any atom is 0.435 e. The molecule has 0 spiro atoms. The number of carbonyl (C=O) groups excluding carboxylic acids is 1. The van der Waals surface area contributed by atoms with Crippen molar-refractivity contribution in [1.82, 2.24) is 24.9 Å². The van der Waals surface area contributed by atoms with Gasteiger partial charge in [0.1, 0.15) is 5.69 Å². The third kappa shape index (κ3) is 4.00. The van der Waals surface area contributed by atoms with Crippen molar-refractivity contribution in [1.29, 1.82) is 0 Å². The lowest BCUT2D eigenvalue weighted by Gasteiger charge is -2.06. The molecular weight excluding hydrogens is 357 g/mol. The summed E-state index contributed by atoms with van der Waals surface area (Å²) < 4.78 is 40.2. The maximum absolute atomic E-state index is 12.6. The summed E-state index contributed by atoms with van der Waals surface area (Å²) in [4.78, 5) is 22.5. The summed E-state index contributed by atoms with van der Waals surface area (Å²) in [5, 5.41) is 20.9. The van der Waals surface area contributed by atoms with Gasteiger partial charge in [0.15, 0.2) is 5.69 Å². The molecular formula is C14H17F3N6O3. The van der Waals surface area contributed by atoms with E-state index in [1.54, 1.807) is 0 Å². The van der Waals surface area contributed by atoms with Gasteiger partial charge in [-0.3, -0.25) is 24.3 Å². The van der Waals surface area contributed by atoms with Gasteiger partial charge < -0.3 is 5.32 Å². The van der Waals surface area contributed by atoms with Crippen LogP contribution in [0.4, 0.5) is 18.9 Å². The van der Waals surface area contributed by atoms with E-state index in [4.69, 9.17) is 0 Å². The number of halogens is 3. The maximum atomic E-state index is 12.6. The molecule has 2 rings (SSSR count). The molecule has 0 aliphatic heterocycles. The number of hydrogen-bond acceptors (Lipinski definition) is 5. The Hall–Kier alpha value is -2.92. The van der Waals surface area contributed by atoms with E-state index in [2.05, 4.69) is 15.5 Å². The Balaban J connectivity index is 1.95. The largest absolute Gasteiger partial charge is 0.435 e. The minimum absolute atomic E-state index is 0.103. The second-order valence-corrected chi connectivity index (χ2v) is 5.66. The number of nitro groups is 1. The minimum atomic E-state index is -4.51. The highest BCUT2D eigenvalue weighted by atomic mass is 19.4. The number of nitrogens with one attached hydrogen (secondary N) is 1. The van der Waals surface area contributed by atoms with E-state index in [1.165, 1.54) is 30.3 Å². The van der Waals surface area contributed by atoms with Gasteiger partial charge in [0.05, 0.1) is 4.92 Å². The van der Waals surface area contributed by atoms with Crippen molar-refractivity contribution in [2.75, 3.05) is 6.54 Å². The van der Waals surface area contributed by atoms with E-state index in [9.17, 15) is 28.1 Å². The van der Waals surface area contributed by atoms with Crippen LogP contribution in [0.1, 0.15) is 34.0 Å². The Morgan fingerprint density at radius 1 is 1.35 bits per heavy atom. The standard InChI is InChI=1S/C14H17F3N6O3/c1-8-7-10(14(15,16)17)19-22(8)6-4-5-18-13(24)11-12(23(25)26)9(2)21(3)20-11/h7H,4-6H2,1-3H3,(H,18,24). The molecule has 26 heavy (non-hydrogen) atoms. The lowest BCUT2D eigenvalue weighted by Crippen LogP contribution is -2.26. The quantitative estimate of drug-likeness (QED) is 0.473. The fourth-order valence-electron chi connectivity index (χ4n) is 2.36. The molecule has 0 aliphatic rings. The van der Waals surface area contributed by atoms with Crippen LogP contribution in [0.5, 0.6) is 0 Å². The first-order valence-corrected chi connectivity index (χ1v) is 7.60. The van der Waals surface area contributed by atoms with E-state index < -0.39 is 22.7 Å². The number of alkyl halides is 3. The summed E-state index contributed by atoms with van der Waals surface area (Å²) in [6.45, 7) is 3.24. The van der Waals surface area contributed by atoms with E-state index in [1.807, 2.05) is 0 Å². The fraction of sp³-hybridized carbons (Fsp3) is 0.500. The second kappa shape index (κ2) is 7.14. The minimum Gasteiger partial charge on any atom is -0.350 e. The summed E-state index contributed by atoms with van der Waals surface area (Å²) in [5.41, 5.74) is -1.06. The Labute approximate surface area is 145 Å². The van der Waals surface area contributed by atoms with Crippen LogP contribution in [0.3, 0.4) is 0 Å². The summed E-state index contributed by atoms with van der Waals surface area (Å²) >= 11 is 0. The normalized spacial score (nSPS) is 11.6. The van der Waals surface area contributed by atoms with Gasteiger partial charge in [-0.25, -0.2) is 0 Å². The van der Waals surface area contributed by atoms with Crippen LogP contribution in [0, 0.1) is 24.0 Å². The zero-order chi connectivity index (χ0) is 19.6. The highest BCUT2D eigenvalue weighted by molar-refractivity contribution is 5.96. The van der Waals surface area contributed by atoms with Crippen molar-refractivity contribution in [2.45, 2.75) is 33.0 Å². The SMILES string of the molecule is Cc1c([N+](=O)[O-])c(C(=O)NCCCn2nc(C(F)(F)F)cc2C)nn1C. The Bertz CT molecular complexity index is 840. The van der Waals surface area contributed by atoms with Gasteiger partial charge in [-0.1, -0.05) is 0 Å². The van der Waals surface area contributed by atoms with Crippen LogP contribution >= 0.6 is 0 Å². The van der Waals surface area contributed by atoms with E-state index >= 15 is 0 Å². The molecule has 0 fully saturated rings. The molecule has 0 saturated carbocycles. The van der Waals surface area contributed by atoms with Gasteiger partial charge in [-0.2, -0.15) is 23.4 Å². The topological polar surface area (TPSA) is 108 Å². The predicted octanol–water partition coefficient (Wildman–Crippen LogP) is 1.98. The fourth-order valence-corrected chi connectivity index (χ4v) is 2.36. The first-order chi connectivity index (χ1) is 12.0.